The van der Waals surface area contributed by atoms with E-state index in [4.69, 9.17) is 4.74 Å². The Hall–Kier alpha value is -1.53. The number of halogens is 2. The first-order chi connectivity index (χ1) is 8.18. The van der Waals surface area contributed by atoms with E-state index in [1.807, 2.05) is 0 Å². The van der Waals surface area contributed by atoms with Crippen LogP contribution >= 0.6 is 0 Å². The molecule has 1 heterocycles. The third-order valence-corrected chi connectivity index (χ3v) is 2.45. The van der Waals surface area contributed by atoms with Crippen molar-refractivity contribution in [2.45, 2.75) is 6.04 Å². The van der Waals surface area contributed by atoms with E-state index >= 15 is 0 Å². The van der Waals surface area contributed by atoms with Crippen molar-refractivity contribution in [1.29, 1.82) is 0 Å². The molecule has 17 heavy (non-hydrogen) atoms. The van der Waals surface area contributed by atoms with Crippen molar-refractivity contribution in [2.75, 3.05) is 25.1 Å². The molecule has 1 amide bonds. The summed E-state index contributed by atoms with van der Waals surface area (Å²) in [5.41, 5.74) is -0.426. The second-order valence-corrected chi connectivity index (χ2v) is 3.67. The van der Waals surface area contributed by atoms with Crippen LogP contribution in [0.2, 0.25) is 0 Å². The average molecular weight is 242 g/mol. The van der Waals surface area contributed by atoms with Gasteiger partial charge in [-0.2, -0.15) is 0 Å². The van der Waals surface area contributed by atoms with Gasteiger partial charge in [-0.05, 0) is 12.1 Å². The summed E-state index contributed by atoms with van der Waals surface area (Å²) in [6.45, 7) is 1.26. The van der Waals surface area contributed by atoms with E-state index in [1.165, 1.54) is 6.07 Å². The fourth-order valence-corrected chi connectivity index (χ4v) is 1.56. The summed E-state index contributed by atoms with van der Waals surface area (Å²) in [5, 5.41) is 5.11. The summed E-state index contributed by atoms with van der Waals surface area (Å²) in [5.74, 6) is -2.10. The van der Waals surface area contributed by atoms with Gasteiger partial charge < -0.3 is 15.4 Å². The van der Waals surface area contributed by atoms with Gasteiger partial charge in [-0.15, -0.1) is 0 Å². The molecular weight excluding hydrogens is 230 g/mol. The summed E-state index contributed by atoms with van der Waals surface area (Å²) in [6, 6.07) is 2.83. The Bertz CT molecular complexity index is 400. The van der Waals surface area contributed by atoms with E-state index in [1.54, 1.807) is 0 Å². The number of ether oxygens (including phenoxy) is 1. The number of amides is 1. The molecule has 0 bridgehead atoms. The Morgan fingerprint density at radius 2 is 2.12 bits per heavy atom. The minimum absolute atomic E-state index is 0.196. The molecule has 1 aromatic rings. The third kappa shape index (κ3) is 2.78. The maximum Gasteiger partial charge on any atom is 0.244 e. The highest BCUT2D eigenvalue weighted by Crippen LogP contribution is 2.18. The molecule has 0 radical (unpaired) electrons. The van der Waals surface area contributed by atoms with Gasteiger partial charge in [0, 0.05) is 6.54 Å². The fraction of sp³-hybridized carbons (Fsp3) is 0.364. The highest BCUT2D eigenvalue weighted by Gasteiger charge is 2.23. The number of nitrogens with one attached hydrogen (secondary N) is 2. The highest BCUT2D eigenvalue weighted by atomic mass is 19.1. The molecule has 1 fully saturated rings. The zero-order chi connectivity index (χ0) is 12.3. The molecule has 1 aromatic carbocycles. The maximum atomic E-state index is 13.3. The van der Waals surface area contributed by atoms with Crippen molar-refractivity contribution in [3.05, 3.63) is 29.8 Å². The maximum absolute atomic E-state index is 13.3. The molecular formula is C11H12F2N2O2. The van der Waals surface area contributed by atoms with Crippen LogP contribution < -0.4 is 10.6 Å². The van der Waals surface area contributed by atoms with Crippen LogP contribution in [-0.2, 0) is 9.53 Å². The van der Waals surface area contributed by atoms with E-state index in [0.29, 0.717) is 13.2 Å². The summed E-state index contributed by atoms with van der Waals surface area (Å²) in [7, 11) is 0. The van der Waals surface area contributed by atoms with Gasteiger partial charge in [0.05, 0.1) is 13.2 Å². The molecule has 1 aliphatic rings. The second kappa shape index (κ2) is 5.20. The van der Waals surface area contributed by atoms with E-state index in [-0.39, 0.29) is 6.61 Å². The molecule has 2 N–H and O–H groups in total. The number of carbonyl (C=O) groups excluding carboxylic acids is 1. The van der Waals surface area contributed by atoms with Crippen LogP contribution in [0.25, 0.3) is 0 Å². The molecule has 2 rings (SSSR count). The predicted molar refractivity (Wildman–Crippen MR) is 57.6 cm³/mol. The minimum atomic E-state index is -0.796. The van der Waals surface area contributed by atoms with Gasteiger partial charge in [-0.3, -0.25) is 4.79 Å². The van der Waals surface area contributed by atoms with E-state index in [9.17, 15) is 13.6 Å². The summed E-state index contributed by atoms with van der Waals surface area (Å²) in [6.07, 6.45) is 0. The van der Waals surface area contributed by atoms with E-state index < -0.39 is 29.3 Å². The molecule has 1 aliphatic heterocycles. The first-order valence-corrected chi connectivity index (χ1v) is 5.24. The van der Waals surface area contributed by atoms with Crippen molar-refractivity contribution in [1.82, 2.24) is 5.32 Å². The lowest BCUT2D eigenvalue weighted by Gasteiger charge is -2.23. The van der Waals surface area contributed by atoms with Gasteiger partial charge in [0.1, 0.15) is 23.4 Å². The molecule has 1 unspecified atom stereocenters. The molecule has 92 valence electrons. The van der Waals surface area contributed by atoms with Crippen LogP contribution in [0.4, 0.5) is 14.5 Å². The van der Waals surface area contributed by atoms with Gasteiger partial charge in [-0.1, -0.05) is 6.07 Å². The topological polar surface area (TPSA) is 50.4 Å². The van der Waals surface area contributed by atoms with Gasteiger partial charge in [0.2, 0.25) is 5.91 Å². The molecule has 1 saturated heterocycles. The lowest BCUT2D eigenvalue weighted by molar-refractivity contribution is -0.120. The molecule has 0 spiro atoms. The first kappa shape index (κ1) is 11.9. The van der Waals surface area contributed by atoms with Crippen LogP contribution in [0.3, 0.4) is 0 Å². The largest absolute Gasteiger partial charge is 0.378 e. The van der Waals surface area contributed by atoms with Crippen LogP contribution in [0.1, 0.15) is 0 Å². The summed E-state index contributed by atoms with van der Waals surface area (Å²) < 4.78 is 31.6. The Balaban J connectivity index is 2.07. The van der Waals surface area contributed by atoms with Crippen LogP contribution in [0, 0.1) is 11.6 Å². The number of para-hydroxylation sites is 1. The number of morpholine rings is 1. The van der Waals surface area contributed by atoms with Crippen molar-refractivity contribution in [2.24, 2.45) is 0 Å². The Labute approximate surface area is 97.0 Å². The molecule has 1 atom stereocenters. The van der Waals surface area contributed by atoms with Gasteiger partial charge >= 0.3 is 0 Å². The number of hydrogen-bond acceptors (Lipinski definition) is 3. The number of anilines is 1. The van der Waals surface area contributed by atoms with Gasteiger partial charge in [-0.25, -0.2) is 8.78 Å². The molecule has 4 nitrogen and oxygen atoms in total. The van der Waals surface area contributed by atoms with Gasteiger partial charge in [0.15, 0.2) is 0 Å². The van der Waals surface area contributed by atoms with Crippen LogP contribution in [0.15, 0.2) is 18.2 Å². The zero-order valence-corrected chi connectivity index (χ0v) is 9.00. The van der Waals surface area contributed by atoms with Crippen molar-refractivity contribution < 1.29 is 18.3 Å². The zero-order valence-electron chi connectivity index (χ0n) is 9.00. The molecule has 0 saturated carbocycles. The normalized spacial score (nSPS) is 20.0. The predicted octanol–water partition coefficient (Wildman–Crippen LogP) is 0.892. The Morgan fingerprint density at radius 1 is 1.41 bits per heavy atom. The third-order valence-electron chi connectivity index (χ3n) is 2.45. The van der Waals surface area contributed by atoms with Crippen molar-refractivity contribution >= 4 is 11.6 Å². The van der Waals surface area contributed by atoms with E-state index in [2.05, 4.69) is 10.6 Å². The SMILES string of the molecule is O=C(Nc1c(F)cccc1F)C1COCCN1. The smallest absolute Gasteiger partial charge is 0.244 e. The standard InChI is InChI=1S/C11H12F2N2O2/c12-7-2-1-3-8(13)10(7)15-11(16)9-6-17-5-4-14-9/h1-3,9,14H,4-6H2,(H,15,16). The molecule has 0 aromatic heterocycles. The monoisotopic (exact) mass is 242 g/mol. The Kier molecular flexibility index (Phi) is 3.65. The highest BCUT2D eigenvalue weighted by molar-refractivity contribution is 5.95. The van der Waals surface area contributed by atoms with E-state index in [0.717, 1.165) is 12.1 Å². The fourth-order valence-electron chi connectivity index (χ4n) is 1.56. The lowest BCUT2D eigenvalue weighted by Crippen LogP contribution is -2.49. The Morgan fingerprint density at radius 3 is 2.71 bits per heavy atom. The number of carbonyl (C=O) groups is 1. The quantitative estimate of drug-likeness (QED) is 0.809. The van der Waals surface area contributed by atoms with Crippen LogP contribution in [-0.4, -0.2) is 31.7 Å². The minimum Gasteiger partial charge on any atom is -0.378 e. The lowest BCUT2D eigenvalue weighted by atomic mass is 10.2. The van der Waals surface area contributed by atoms with Gasteiger partial charge in [0.25, 0.3) is 0 Å². The second-order valence-electron chi connectivity index (χ2n) is 3.67. The molecule has 6 heteroatoms. The number of rotatable bonds is 2. The average Bonchev–Trinajstić information content (AvgIpc) is 2.35. The van der Waals surface area contributed by atoms with Crippen molar-refractivity contribution in [3.63, 3.8) is 0 Å². The number of hydrogen-bond donors (Lipinski definition) is 2. The molecule has 0 aliphatic carbocycles. The summed E-state index contributed by atoms with van der Waals surface area (Å²) in [4.78, 5) is 11.7. The first-order valence-electron chi connectivity index (χ1n) is 5.24. The van der Waals surface area contributed by atoms with Crippen LogP contribution in [0.5, 0.6) is 0 Å². The summed E-state index contributed by atoms with van der Waals surface area (Å²) >= 11 is 0. The number of benzene rings is 1. The van der Waals surface area contributed by atoms with Crippen molar-refractivity contribution in [3.8, 4) is 0 Å².